The maximum Gasteiger partial charge on any atom is 0.251 e. The fourth-order valence-electron chi connectivity index (χ4n) is 3.62. The topological polar surface area (TPSA) is 78.4 Å². The highest BCUT2D eigenvalue weighted by atomic mass is 35.5. The van der Waals surface area contributed by atoms with E-state index in [-0.39, 0.29) is 29.5 Å². The van der Waals surface area contributed by atoms with Gasteiger partial charge in [-0.3, -0.25) is 9.59 Å². The van der Waals surface area contributed by atoms with Crippen LogP contribution in [0.2, 0.25) is 5.02 Å². The summed E-state index contributed by atoms with van der Waals surface area (Å²) < 4.78 is 0. The second kappa shape index (κ2) is 8.65. The molecule has 0 spiro atoms. The first-order valence-electron chi connectivity index (χ1n) is 9.54. The van der Waals surface area contributed by atoms with Crippen LogP contribution >= 0.6 is 11.6 Å². The summed E-state index contributed by atoms with van der Waals surface area (Å²) in [5.74, 6) is -0.407. The van der Waals surface area contributed by atoms with Gasteiger partial charge in [-0.05, 0) is 56.2 Å². The summed E-state index contributed by atoms with van der Waals surface area (Å²) in [5.41, 5.74) is 1.32. The van der Waals surface area contributed by atoms with Crippen molar-refractivity contribution in [3.05, 3.63) is 58.6 Å². The third-order valence-electron chi connectivity index (χ3n) is 5.17. The van der Waals surface area contributed by atoms with E-state index in [1.165, 1.54) is 12.5 Å². The monoisotopic (exact) mass is 400 g/mol. The predicted molar refractivity (Wildman–Crippen MR) is 111 cm³/mol. The molecule has 0 bridgehead atoms. The van der Waals surface area contributed by atoms with Gasteiger partial charge in [-0.2, -0.15) is 0 Å². The van der Waals surface area contributed by atoms with Gasteiger partial charge in [0.05, 0.1) is 6.42 Å². The second-order valence-electron chi connectivity index (χ2n) is 7.65. The Morgan fingerprint density at radius 1 is 1.11 bits per heavy atom. The fraction of sp³-hybridized carbons (Fsp3) is 0.364. The Balaban J connectivity index is 1.64. The quantitative estimate of drug-likeness (QED) is 0.681. The average Bonchev–Trinajstić information content (AvgIpc) is 2.65. The van der Waals surface area contributed by atoms with E-state index >= 15 is 0 Å². The fourth-order valence-corrected chi connectivity index (χ4v) is 3.81. The number of aromatic hydroxyl groups is 1. The standard InChI is InChI=1S/C22H25ClN2O3/c1-22(10-3-2-4-11-22)25-21(28)15-6-5-7-18(13-15)24-20(27)14-16-12-17(23)8-9-19(16)26/h5-9,12-13,26H,2-4,10-11,14H2,1H3,(H,24,27)(H,25,28). The smallest absolute Gasteiger partial charge is 0.251 e. The highest BCUT2D eigenvalue weighted by molar-refractivity contribution is 6.30. The molecule has 28 heavy (non-hydrogen) atoms. The number of hydrogen-bond acceptors (Lipinski definition) is 3. The summed E-state index contributed by atoms with van der Waals surface area (Å²) in [6.45, 7) is 2.09. The number of phenolic OH excluding ortho intramolecular Hbond substituents is 1. The molecular weight excluding hydrogens is 376 g/mol. The summed E-state index contributed by atoms with van der Waals surface area (Å²) >= 11 is 5.92. The Hall–Kier alpha value is -2.53. The van der Waals surface area contributed by atoms with Gasteiger partial charge in [0.25, 0.3) is 5.91 Å². The van der Waals surface area contributed by atoms with Gasteiger partial charge in [0, 0.05) is 27.4 Å². The Morgan fingerprint density at radius 3 is 2.61 bits per heavy atom. The molecule has 5 nitrogen and oxygen atoms in total. The van der Waals surface area contributed by atoms with Crippen LogP contribution in [0.3, 0.4) is 0 Å². The van der Waals surface area contributed by atoms with Gasteiger partial charge in [0.2, 0.25) is 5.91 Å². The molecule has 3 N–H and O–H groups in total. The molecule has 0 heterocycles. The van der Waals surface area contributed by atoms with E-state index in [0.717, 1.165) is 25.7 Å². The van der Waals surface area contributed by atoms with Crippen LogP contribution in [0.4, 0.5) is 5.69 Å². The number of amides is 2. The molecule has 1 aliphatic rings. The molecule has 0 aliphatic heterocycles. The third-order valence-corrected chi connectivity index (χ3v) is 5.41. The molecule has 1 fully saturated rings. The van der Waals surface area contributed by atoms with Crippen molar-refractivity contribution < 1.29 is 14.7 Å². The van der Waals surface area contributed by atoms with E-state index < -0.39 is 0 Å². The number of anilines is 1. The van der Waals surface area contributed by atoms with Crippen molar-refractivity contribution in [2.45, 2.75) is 51.0 Å². The first-order chi connectivity index (χ1) is 13.3. The molecule has 0 radical (unpaired) electrons. The van der Waals surface area contributed by atoms with E-state index in [1.54, 1.807) is 36.4 Å². The number of carbonyl (C=O) groups is 2. The van der Waals surface area contributed by atoms with Crippen LogP contribution in [0.25, 0.3) is 0 Å². The van der Waals surface area contributed by atoms with Crippen molar-refractivity contribution in [2.75, 3.05) is 5.32 Å². The number of carbonyl (C=O) groups excluding carboxylic acids is 2. The lowest BCUT2D eigenvalue weighted by Crippen LogP contribution is -2.47. The minimum atomic E-state index is -0.297. The molecule has 0 saturated heterocycles. The van der Waals surface area contributed by atoms with Gasteiger partial charge in [-0.25, -0.2) is 0 Å². The molecule has 0 unspecified atom stereocenters. The van der Waals surface area contributed by atoms with Gasteiger partial charge in [-0.1, -0.05) is 36.9 Å². The zero-order chi connectivity index (χ0) is 20.1. The Morgan fingerprint density at radius 2 is 1.86 bits per heavy atom. The van der Waals surface area contributed by atoms with E-state index in [9.17, 15) is 14.7 Å². The van der Waals surface area contributed by atoms with Crippen LogP contribution < -0.4 is 10.6 Å². The normalized spacial score (nSPS) is 15.6. The largest absolute Gasteiger partial charge is 0.508 e. The minimum Gasteiger partial charge on any atom is -0.508 e. The lowest BCUT2D eigenvalue weighted by molar-refractivity contribution is -0.115. The molecule has 1 aliphatic carbocycles. The summed E-state index contributed by atoms with van der Waals surface area (Å²) in [4.78, 5) is 25.0. The minimum absolute atomic E-state index is 0.0130. The zero-order valence-electron chi connectivity index (χ0n) is 15.9. The molecular formula is C22H25ClN2O3. The van der Waals surface area contributed by atoms with Gasteiger partial charge in [0.15, 0.2) is 0 Å². The Bertz CT molecular complexity index is 876. The third kappa shape index (κ3) is 5.26. The van der Waals surface area contributed by atoms with Crippen molar-refractivity contribution in [1.29, 1.82) is 0 Å². The zero-order valence-corrected chi connectivity index (χ0v) is 16.7. The lowest BCUT2D eigenvalue weighted by Gasteiger charge is -2.34. The highest BCUT2D eigenvalue weighted by Crippen LogP contribution is 2.28. The molecule has 0 aromatic heterocycles. The van der Waals surface area contributed by atoms with Crippen LogP contribution in [-0.4, -0.2) is 22.5 Å². The molecule has 0 atom stereocenters. The van der Waals surface area contributed by atoms with E-state index in [4.69, 9.17) is 11.6 Å². The average molecular weight is 401 g/mol. The number of benzene rings is 2. The second-order valence-corrected chi connectivity index (χ2v) is 8.09. The number of hydrogen-bond donors (Lipinski definition) is 3. The molecule has 2 aromatic rings. The Kier molecular flexibility index (Phi) is 6.25. The molecule has 2 aromatic carbocycles. The number of rotatable bonds is 5. The van der Waals surface area contributed by atoms with Crippen LogP contribution in [0, 0.1) is 0 Å². The Labute approximate surface area is 170 Å². The van der Waals surface area contributed by atoms with E-state index in [0.29, 0.717) is 21.8 Å². The maximum atomic E-state index is 12.7. The number of halogens is 1. The van der Waals surface area contributed by atoms with Gasteiger partial charge < -0.3 is 15.7 Å². The molecule has 148 valence electrons. The highest BCUT2D eigenvalue weighted by Gasteiger charge is 2.28. The van der Waals surface area contributed by atoms with Crippen LogP contribution in [-0.2, 0) is 11.2 Å². The molecule has 3 rings (SSSR count). The lowest BCUT2D eigenvalue weighted by atomic mass is 9.83. The number of phenols is 1. The summed E-state index contributed by atoms with van der Waals surface area (Å²) in [5, 5.41) is 16.2. The molecule has 2 amide bonds. The first kappa shape index (κ1) is 20.2. The van der Waals surface area contributed by atoms with Gasteiger partial charge in [-0.15, -0.1) is 0 Å². The van der Waals surface area contributed by atoms with Crippen LogP contribution in [0.1, 0.15) is 54.9 Å². The molecule has 1 saturated carbocycles. The first-order valence-corrected chi connectivity index (χ1v) is 9.92. The molecule has 6 heteroatoms. The van der Waals surface area contributed by atoms with Crippen LogP contribution in [0.15, 0.2) is 42.5 Å². The van der Waals surface area contributed by atoms with E-state index in [1.807, 2.05) is 0 Å². The summed E-state index contributed by atoms with van der Waals surface area (Å²) in [7, 11) is 0. The van der Waals surface area contributed by atoms with Gasteiger partial charge >= 0.3 is 0 Å². The van der Waals surface area contributed by atoms with Crippen molar-refractivity contribution in [2.24, 2.45) is 0 Å². The maximum absolute atomic E-state index is 12.7. The predicted octanol–water partition coefficient (Wildman–Crippen LogP) is 4.68. The summed E-state index contributed by atoms with van der Waals surface area (Å²) in [6.07, 6.45) is 5.43. The summed E-state index contributed by atoms with van der Waals surface area (Å²) in [6, 6.07) is 11.5. The van der Waals surface area contributed by atoms with Crippen molar-refractivity contribution in [1.82, 2.24) is 5.32 Å². The van der Waals surface area contributed by atoms with Crippen molar-refractivity contribution in [3.8, 4) is 5.75 Å². The van der Waals surface area contributed by atoms with Crippen molar-refractivity contribution >= 4 is 29.1 Å². The van der Waals surface area contributed by atoms with Gasteiger partial charge in [0.1, 0.15) is 5.75 Å². The number of nitrogens with one attached hydrogen (secondary N) is 2. The SMILES string of the molecule is CC1(NC(=O)c2cccc(NC(=O)Cc3cc(Cl)ccc3O)c2)CCCCC1. The van der Waals surface area contributed by atoms with E-state index in [2.05, 4.69) is 17.6 Å². The van der Waals surface area contributed by atoms with Crippen molar-refractivity contribution in [3.63, 3.8) is 0 Å². The van der Waals surface area contributed by atoms with Crippen LogP contribution in [0.5, 0.6) is 5.75 Å².